The van der Waals surface area contributed by atoms with Crippen LogP contribution in [0.25, 0.3) is 0 Å². The number of pyridine rings is 1. The smallest absolute Gasteiger partial charge is 0.146 e. The molecule has 2 nitrogen and oxygen atoms in total. The number of nitrogens with zero attached hydrogens (tertiary/aromatic N) is 1. The Balaban J connectivity index is 1.99. The Labute approximate surface area is 125 Å². The highest BCUT2D eigenvalue weighted by molar-refractivity contribution is 5.38. The Bertz CT molecular complexity index is 593. The van der Waals surface area contributed by atoms with Crippen LogP contribution in [-0.2, 0) is 5.41 Å². The van der Waals surface area contributed by atoms with Gasteiger partial charge in [0, 0.05) is 23.2 Å². The standard InChI is InChI=1S/C18H21FN2/c1-2-11-21-17(15-8-12-20-13-16(15)19)18(9-10-18)14-6-4-3-5-7-14/h3-8,12-13,17,21H,2,9-11H2,1H3. The van der Waals surface area contributed by atoms with Gasteiger partial charge in [0.2, 0.25) is 0 Å². The maximum Gasteiger partial charge on any atom is 0.146 e. The summed E-state index contributed by atoms with van der Waals surface area (Å²) in [4.78, 5) is 3.88. The second kappa shape index (κ2) is 5.94. The number of rotatable bonds is 6. The van der Waals surface area contributed by atoms with E-state index in [4.69, 9.17) is 0 Å². The number of hydrogen-bond donors (Lipinski definition) is 1. The third-order valence-corrected chi connectivity index (χ3v) is 4.40. The van der Waals surface area contributed by atoms with E-state index in [1.54, 1.807) is 6.20 Å². The Morgan fingerprint density at radius 3 is 2.62 bits per heavy atom. The largest absolute Gasteiger partial charge is 0.309 e. The van der Waals surface area contributed by atoms with Crippen molar-refractivity contribution in [3.8, 4) is 0 Å². The van der Waals surface area contributed by atoms with Crippen LogP contribution in [-0.4, -0.2) is 11.5 Å². The van der Waals surface area contributed by atoms with E-state index in [1.807, 2.05) is 12.1 Å². The molecule has 1 heterocycles. The Kier molecular flexibility index (Phi) is 4.02. The molecule has 1 unspecified atom stereocenters. The minimum absolute atomic E-state index is 0.0165. The van der Waals surface area contributed by atoms with E-state index in [1.165, 1.54) is 11.8 Å². The fraction of sp³-hybridized carbons (Fsp3) is 0.389. The van der Waals surface area contributed by atoms with Gasteiger partial charge in [-0.15, -0.1) is 0 Å². The summed E-state index contributed by atoms with van der Waals surface area (Å²) in [6.45, 7) is 3.02. The topological polar surface area (TPSA) is 24.9 Å². The van der Waals surface area contributed by atoms with E-state index in [-0.39, 0.29) is 17.3 Å². The molecular formula is C18H21FN2. The van der Waals surface area contributed by atoms with Gasteiger partial charge in [0.15, 0.2) is 0 Å². The van der Waals surface area contributed by atoms with Gasteiger partial charge in [-0.05, 0) is 37.4 Å². The summed E-state index contributed by atoms with van der Waals surface area (Å²) in [5, 5.41) is 3.56. The fourth-order valence-electron chi connectivity index (χ4n) is 3.16. The molecule has 1 aliphatic rings. The van der Waals surface area contributed by atoms with E-state index < -0.39 is 0 Å². The fourth-order valence-corrected chi connectivity index (χ4v) is 3.16. The molecule has 0 radical (unpaired) electrons. The Morgan fingerprint density at radius 1 is 1.24 bits per heavy atom. The molecule has 1 fully saturated rings. The maximum atomic E-state index is 14.2. The van der Waals surface area contributed by atoms with Crippen LogP contribution in [0.3, 0.4) is 0 Å². The lowest BCUT2D eigenvalue weighted by Crippen LogP contribution is -2.33. The summed E-state index contributed by atoms with van der Waals surface area (Å²) in [6.07, 6.45) is 6.23. The molecular weight excluding hydrogens is 263 g/mol. The maximum absolute atomic E-state index is 14.2. The molecule has 0 amide bonds. The molecule has 3 rings (SSSR count). The SMILES string of the molecule is CCCNC(c1ccncc1F)C1(c2ccccc2)CC1. The molecule has 0 bridgehead atoms. The van der Waals surface area contributed by atoms with Gasteiger partial charge in [0.1, 0.15) is 5.82 Å². The van der Waals surface area contributed by atoms with Gasteiger partial charge in [0.05, 0.1) is 6.20 Å². The zero-order valence-corrected chi connectivity index (χ0v) is 12.3. The van der Waals surface area contributed by atoms with Crippen LogP contribution in [0.15, 0.2) is 48.8 Å². The molecule has 0 saturated heterocycles. The lowest BCUT2D eigenvalue weighted by molar-refractivity contribution is 0.412. The van der Waals surface area contributed by atoms with E-state index in [2.05, 4.69) is 41.5 Å². The van der Waals surface area contributed by atoms with Gasteiger partial charge in [-0.1, -0.05) is 37.3 Å². The first-order chi connectivity index (χ1) is 10.3. The molecule has 21 heavy (non-hydrogen) atoms. The number of hydrogen-bond acceptors (Lipinski definition) is 2. The van der Waals surface area contributed by atoms with Crippen LogP contribution < -0.4 is 5.32 Å². The molecule has 1 atom stereocenters. The van der Waals surface area contributed by atoms with Gasteiger partial charge < -0.3 is 5.32 Å². The van der Waals surface area contributed by atoms with Crippen LogP contribution in [0.5, 0.6) is 0 Å². The highest BCUT2D eigenvalue weighted by atomic mass is 19.1. The number of halogens is 1. The van der Waals surface area contributed by atoms with Gasteiger partial charge >= 0.3 is 0 Å². The van der Waals surface area contributed by atoms with Crippen molar-refractivity contribution in [2.24, 2.45) is 0 Å². The minimum atomic E-state index is -0.215. The molecule has 1 saturated carbocycles. The summed E-state index contributed by atoms with van der Waals surface area (Å²) in [5.41, 5.74) is 2.06. The van der Waals surface area contributed by atoms with Crippen molar-refractivity contribution in [3.05, 3.63) is 65.7 Å². The van der Waals surface area contributed by atoms with Gasteiger partial charge in [-0.25, -0.2) is 4.39 Å². The second-order valence-corrected chi connectivity index (χ2v) is 5.81. The average Bonchev–Trinajstić information content (AvgIpc) is 3.32. The quantitative estimate of drug-likeness (QED) is 0.867. The molecule has 0 spiro atoms. The molecule has 2 aromatic rings. The normalized spacial score (nSPS) is 17.4. The third kappa shape index (κ3) is 2.70. The average molecular weight is 284 g/mol. The highest BCUT2D eigenvalue weighted by Crippen LogP contribution is 2.56. The Morgan fingerprint density at radius 2 is 2.00 bits per heavy atom. The summed E-state index contributed by atoms with van der Waals surface area (Å²) in [6, 6.07) is 12.3. The molecule has 1 aromatic carbocycles. The summed E-state index contributed by atoms with van der Waals surface area (Å²) < 4.78 is 14.2. The first kappa shape index (κ1) is 14.2. The first-order valence-electron chi connectivity index (χ1n) is 7.66. The van der Waals surface area contributed by atoms with Crippen LogP contribution in [0.4, 0.5) is 4.39 Å². The van der Waals surface area contributed by atoms with Gasteiger partial charge in [-0.3, -0.25) is 4.98 Å². The molecule has 1 aliphatic carbocycles. The van der Waals surface area contributed by atoms with Crippen molar-refractivity contribution in [3.63, 3.8) is 0 Å². The van der Waals surface area contributed by atoms with Crippen molar-refractivity contribution in [1.29, 1.82) is 0 Å². The van der Waals surface area contributed by atoms with Crippen molar-refractivity contribution in [2.45, 2.75) is 37.6 Å². The van der Waals surface area contributed by atoms with Crippen LogP contribution in [0, 0.1) is 5.82 Å². The van der Waals surface area contributed by atoms with Crippen molar-refractivity contribution >= 4 is 0 Å². The van der Waals surface area contributed by atoms with Gasteiger partial charge in [0.25, 0.3) is 0 Å². The zero-order chi connectivity index (χ0) is 14.7. The highest BCUT2D eigenvalue weighted by Gasteiger charge is 2.51. The predicted molar refractivity (Wildman–Crippen MR) is 82.6 cm³/mol. The molecule has 1 N–H and O–H groups in total. The van der Waals surface area contributed by atoms with Crippen LogP contribution in [0.1, 0.15) is 43.4 Å². The van der Waals surface area contributed by atoms with Crippen LogP contribution in [0.2, 0.25) is 0 Å². The zero-order valence-electron chi connectivity index (χ0n) is 12.3. The molecule has 0 aliphatic heterocycles. The number of benzene rings is 1. The summed E-state index contributed by atoms with van der Waals surface area (Å²) >= 11 is 0. The minimum Gasteiger partial charge on any atom is -0.309 e. The number of nitrogens with one attached hydrogen (secondary N) is 1. The molecule has 110 valence electrons. The summed E-state index contributed by atoms with van der Waals surface area (Å²) in [5.74, 6) is -0.215. The predicted octanol–water partition coefficient (Wildman–Crippen LogP) is 3.99. The van der Waals surface area contributed by atoms with Crippen molar-refractivity contribution < 1.29 is 4.39 Å². The molecule has 1 aromatic heterocycles. The summed E-state index contributed by atoms with van der Waals surface area (Å²) in [7, 11) is 0. The first-order valence-corrected chi connectivity index (χ1v) is 7.66. The monoisotopic (exact) mass is 284 g/mol. The van der Waals surface area contributed by atoms with E-state index in [9.17, 15) is 4.39 Å². The lowest BCUT2D eigenvalue weighted by Gasteiger charge is -2.29. The van der Waals surface area contributed by atoms with Gasteiger partial charge in [-0.2, -0.15) is 0 Å². The van der Waals surface area contributed by atoms with Crippen molar-refractivity contribution in [1.82, 2.24) is 10.3 Å². The van der Waals surface area contributed by atoms with E-state index >= 15 is 0 Å². The second-order valence-electron chi connectivity index (χ2n) is 5.81. The lowest BCUT2D eigenvalue weighted by atomic mass is 9.84. The molecule has 3 heteroatoms. The van der Waals surface area contributed by atoms with E-state index in [0.717, 1.165) is 31.4 Å². The van der Waals surface area contributed by atoms with Crippen LogP contribution >= 0.6 is 0 Å². The Hall–Kier alpha value is -1.74. The third-order valence-electron chi connectivity index (χ3n) is 4.40. The van der Waals surface area contributed by atoms with E-state index in [0.29, 0.717) is 0 Å². The van der Waals surface area contributed by atoms with Crippen molar-refractivity contribution in [2.75, 3.05) is 6.54 Å². The number of aromatic nitrogens is 1.